The van der Waals surface area contributed by atoms with Crippen LogP contribution in [-0.2, 0) is 41.4 Å². The molecule has 0 saturated carbocycles. The van der Waals surface area contributed by atoms with Gasteiger partial charge in [0.15, 0.2) is 11.6 Å². The fourth-order valence-electron chi connectivity index (χ4n) is 8.91. The largest absolute Gasteiger partial charge is 0.449 e. The zero-order valence-corrected chi connectivity index (χ0v) is 36.4. The predicted octanol–water partition coefficient (Wildman–Crippen LogP) is 7.86. The number of anilines is 4. The fourth-order valence-corrected chi connectivity index (χ4v) is 8.91. The maximum absolute atomic E-state index is 13.8. The van der Waals surface area contributed by atoms with Gasteiger partial charge in [-0.25, -0.2) is 4.79 Å². The molecule has 0 fully saturated rings. The number of carbonyl (C=O) groups excluding carboxylic acids is 4. The van der Waals surface area contributed by atoms with Crippen LogP contribution in [0.4, 0.5) is 27.5 Å². The molecule has 10 rings (SSSR count). The van der Waals surface area contributed by atoms with E-state index in [-0.39, 0.29) is 49.2 Å². The highest BCUT2D eigenvalue weighted by atomic mass is 16.5. The van der Waals surface area contributed by atoms with Crippen LogP contribution in [0.25, 0.3) is 44.1 Å². The number of aryl methyl sites for hydroxylation is 2. The van der Waals surface area contributed by atoms with Crippen molar-refractivity contribution in [3.63, 3.8) is 0 Å². The maximum Gasteiger partial charge on any atom is 0.408 e. The molecule has 2 aliphatic rings. The van der Waals surface area contributed by atoms with Crippen molar-refractivity contribution >= 4 is 68.1 Å². The zero-order chi connectivity index (χ0) is 46.3. The second-order valence-electron chi connectivity index (χ2n) is 16.4. The van der Waals surface area contributed by atoms with E-state index in [1.54, 1.807) is 47.5 Å². The highest BCUT2D eigenvalue weighted by Crippen LogP contribution is 2.43. The van der Waals surface area contributed by atoms with Gasteiger partial charge in [-0.2, -0.15) is 0 Å². The fraction of sp³-hybridized carbons (Fsp3) is 0.132. The molecule has 2 aliphatic carbocycles. The van der Waals surface area contributed by atoms with E-state index >= 15 is 0 Å². The third-order valence-electron chi connectivity index (χ3n) is 12.3. The summed E-state index contributed by atoms with van der Waals surface area (Å²) in [7, 11) is 3.40. The second-order valence-corrected chi connectivity index (χ2v) is 16.4. The molecular weight excluding hydrogens is 849 g/mol. The van der Waals surface area contributed by atoms with E-state index in [1.807, 2.05) is 109 Å². The molecule has 0 spiro atoms. The Kier molecular flexibility index (Phi) is 11.0. The Morgan fingerprint density at radius 2 is 1.01 bits per heavy atom. The van der Waals surface area contributed by atoms with Gasteiger partial charge in [-0.15, -0.1) is 0 Å². The molecule has 2 aromatic heterocycles. The van der Waals surface area contributed by atoms with Crippen molar-refractivity contribution in [3.05, 3.63) is 188 Å². The Bertz CT molecular complexity index is 3260. The molecule has 14 heteroatoms. The number of hydrogen-bond donors (Lipinski definition) is 4. The summed E-state index contributed by atoms with van der Waals surface area (Å²) in [6.07, 6.45) is -0.239. The summed E-state index contributed by atoms with van der Waals surface area (Å²) in [5.41, 5.74) is 10.6. The number of hydrogen-bond acceptors (Lipinski definition) is 10. The molecule has 332 valence electrons. The summed E-state index contributed by atoms with van der Waals surface area (Å²) >= 11 is 0. The van der Waals surface area contributed by atoms with Crippen LogP contribution in [0, 0.1) is 0 Å². The Morgan fingerprint density at radius 3 is 1.52 bits per heavy atom. The van der Waals surface area contributed by atoms with Gasteiger partial charge in [0.1, 0.15) is 6.61 Å². The Balaban J connectivity index is 0.669. The standard InChI is InChI=1S/C53H42N6O8/c1-58-42-21-19-40(49-47(42)38(25-45(58)61)34-7-3-5-9-36(34)51(49)63)56-32-15-11-30(12-16-32)23-24-67-53(65)55-29-54-44(60)28-66-27-31-13-17-33(18-14-31)57-41-20-22-43-48-39(26-46(62)59(43)2)35-8-4-6-10-37(35)52(64)50(41)48/h3-22,25-26,56-57H,23-24,27-29H2,1-2H3,(H,54,60)(H,55,65). The average molecular weight is 891 g/mol. The lowest BCUT2D eigenvalue weighted by Crippen LogP contribution is -2.39. The van der Waals surface area contributed by atoms with Gasteiger partial charge in [0.2, 0.25) is 5.91 Å². The number of nitrogens with one attached hydrogen (secondary N) is 4. The number of fused-ring (bicyclic) bond motifs is 4. The van der Waals surface area contributed by atoms with Gasteiger partial charge in [0.25, 0.3) is 11.1 Å². The monoisotopic (exact) mass is 890 g/mol. The lowest BCUT2D eigenvalue weighted by Gasteiger charge is -2.23. The predicted molar refractivity (Wildman–Crippen MR) is 256 cm³/mol. The number of alkyl carbamates (subject to hydrolysis) is 1. The normalized spacial score (nSPS) is 12.1. The number of benzene rings is 6. The molecule has 67 heavy (non-hydrogen) atoms. The number of carbonyl (C=O) groups is 4. The number of amides is 2. The zero-order valence-electron chi connectivity index (χ0n) is 36.4. The highest BCUT2D eigenvalue weighted by molar-refractivity contribution is 6.29. The summed E-state index contributed by atoms with van der Waals surface area (Å²) in [6, 6.07) is 40.1. The molecule has 0 radical (unpaired) electrons. The van der Waals surface area contributed by atoms with E-state index in [2.05, 4.69) is 21.3 Å². The van der Waals surface area contributed by atoms with Gasteiger partial charge >= 0.3 is 6.09 Å². The van der Waals surface area contributed by atoms with Crippen LogP contribution in [0.15, 0.2) is 143 Å². The van der Waals surface area contributed by atoms with Crippen molar-refractivity contribution in [2.75, 3.05) is 30.5 Å². The van der Waals surface area contributed by atoms with Crippen molar-refractivity contribution in [1.29, 1.82) is 0 Å². The molecule has 4 N–H and O–H groups in total. The SMILES string of the molecule is Cn1c(=O)cc2c3c(c(Nc4ccc(CCOC(=O)NCNC(=O)COCc5ccc(Nc6ccc7c8c(cc(=O)n7C)-c7ccccc7C(=O)c68)cc5)cc4)ccc31)C(=O)c1ccccc1-2. The number of rotatable bonds is 13. The van der Waals surface area contributed by atoms with E-state index in [1.165, 1.54) is 0 Å². The summed E-state index contributed by atoms with van der Waals surface area (Å²) in [4.78, 5) is 78.0. The Hall–Kier alpha value is -8.62. The quantitative estimate of drug-likeness (QED) is 0.0834. The first-order valence-corrected chi connectivity index (χ1v) is 21.6. The molecule has 2 heterocycles. The van der Waals surface area contributed by atoms with Crippen molar-refractivity contribution in [1.82, 2.24) is 19.8 Å². The summed E-state index contributed by atoms with van der Waals surface area (Å²) in [6.45, 7) is -0.108. The van der Waals surface area contributed by atoms with Crippen LogP contribution in [0.2, 0.25) is 0 Å². The van der Waals surface area contributed by atoms with E-state index in [9.17, 15) is 28.8 Å². The number of ether oxygens (including phenoxy) is 2. The first-order chi connectivity index (χ1) is 32.5. The van der Waals surface area contributed by atoms with Crippen LogP contribution in [0.1, 0.15) is 43.0 Å². The Morgan fingerprint density at radius 1 is 0.537 bits per heavy atom. The lowest BCUT2D eigenvalue weighted by molar-refractivity contribution is -0.126. The number of ketones is 2. The number of aromatic nitrogens is 2. The lowest BCUT2D eigenvalue weighted by atomic mass is 9.83. The van der Waals surface area contributed by atoms with Crippen molar-refractivity contribution in [3.8, 4) is 22.3 Å². The molecule has 8 aromatic rings. The molecule has 14 nitrogen and oxygen atoms in total. The van der Waals surface area contributed by atoms with E-state index in [0.29, 0.717) is 51.1 Å². The molecule has 0 aliphatic heterocycles. The van der Waals surface area contributed by atoms with Gasteiger partial charge in [-0.1, -0.05) is 72.8 Å². The van der Waals surface area contributed by atoms with Crippen LogP contribution in [0.5, 0.6) is 0 Å². The van der Waals surface area contributed by atoms with Gasteiger partial charge in [0.05, 0.1) is 53.4 Å². The van der Waals surface area contributed by atoms with Crippen molar-refractivity contribution in [2.24, 2.45) is 14.1 Å². The smallest absolute Gasteiger partial charge is 0.408 e. The topological polar surface area (TPSA) is 179 Å². The summed E-state index contributed by atoms with van der Waals surface area (Å²) < 4.78 is 14.0. The number of nitrogens with zero attached hydrogens (tertiary/aromatic N) is 2. The average Bonchev–Trinajstić information content (AvgIpc) is 3.34. The first-order valence-electron chi connectivity index (χ1n) is 21.6. The molecule has 0 atom stereocenters. The minimum atomic E-state index is -0.685. The van der Waals surface area contributed by atoms with Gasteiger partial charge in [-0.3, -0.25) is 24.0 Å². The van der Waals surface area contributed by atoms with Crippen molar-refractivity contribution < 1.29 is 28.7 Å². The van der Waals surface area contributed by atoms with E-state index in [0.717, 1.165) is 55.5 Å². The van der Waals surface area contributed by atoms with Crippen LogP contribution < -0.4 is 32.4 Å². The number of pyridine rings is 2. The summed E-state index contributed by atoms with van der Waals surface area (Å²) in [5.74, 6) is -0.659. The summed E-state index contributed by atoms with van der Waals surface area (Å²) in [5, 5.41) is 13.3. The molecule has 2 amide bonds. The van der Waals surface area contributed by atoms with Gasteiger partial charge in [0, 0.05) is 65.9 Å². The van der Waals surface area contributed by atoms with Crippen molar-refractivity contribution in [2.45, 2.75) is 13.0 Å². The van der Waals surface area contributed by atoms with Crippen LogP contribution in [-0.4, -0.2) is 52.6 Å². The first kappa shape index (κ1) is 42.3. The second kappa shape index (κ2) is 17.4. The van der Waals surface area contributed by atoms with Crippen LogP contribution >= 0.6 is 0 Å². The Labute approximate surface area is 382 Å². The van der Waals surface area contributed by atoms with E-state index in [4.69, 9.17) is 9.47 Å². The minimum Gasteiger partial charge on any atom is -0.449 e. The van der Waals surface area contributed by atoms with Gasteiger partial charge < -0.3 is 39.9 Å². The molecule has 0 unspecified atom stereocenters. The molecule has 0 bridgehead atoms. The van der Waals surface area contributed by atoms with Crippen LogP contribution in [0.3, 0.4) is 0 Å². The third-order valence-corrected chi connectivity index (χ3v) is 12.3. The van der Waals surface area contributed by atoms with E-state index < -0.39 is 12.0 Å². The molecule has 6 aromatic carbocycles. The third kappa shape index (κ3) is 7.89. The minimum absolute atomic E-state index is 0.105. The van der Waals surface area contributed by atoms with Gasteiger partial charge in [-0.05, 0) is 81.9 Å². The maximum atomic E-state index is 13.8. The molecule has 0 saturated heterocycles. The highest BCUT2D eigenvalue weighted by Gasteiger charge is 2.30. The molecular formula is C53H42N6O8.